The molecule has 0 aromatic heterocycles. The molecule has 174 valence electrons. The summed E-state index contributed by atoms with van der Waals surface area (Å²) in [5, 5.41) is 3.87. The van der Waals surface area contributed by atoms with Gasteiger partial charge in [0.05, 0.1) is 18.3 Å². The predicted molar refractivity (Wildman–Crippen MR) is 129 cm³/mol. The second-order valence-electron chi connectivity index (χ2n) is 9.35. The Morgan fingerprint density at radius 2 is 1.88 bits per heavy atom. The maximum atomic E-state index is 13.4. The zero-order chi connectivity index (χ0) is 22.9. The lowest BCUT2D eigenvalue weighted by Crippen LogP contribution is -2.52. The van der Waals surface area contributed by atoms with Gasteiger partial charge in [0.25, 0.3) is 0 Å². The summed E-state index contributed by atoms with van der Waals surface area (Å²) >= 11 is 6.18. The summed E-state index contributed by atoms with van der Waals surface area (Å²) in [7, 11) is 0. The number of amides is 3. The number of carbonyl (C=O) groups is 2. The normalized spacial score (nSPS) is 22.7. The van der Waals surface area contributed by atoms with Gasteiger partial charge in [-0.05, 0) is 68.4 Å². The second kappa shape index (κ2) is 9.26. The van der Waals surface area contributed by atoms with Crippen LogP contribution in [-0.4, -0.2) is 42.6 Å². The fraction of sp³-hybridized carbons (Fsp3) is 0.462. The smallest absolute Gasteiger partial charge is 0.324 e. The Bertz CT molecular complexity index is 1050. The van der Waals surface area contributed by atoms with Gasteiger partial charge in [-0.3, -0.25) is 9.69 Å². The number of halogens is 1. The van der Waals surface area contributed by atoms with Crippen LogP contribution >= 0.6 is 11.6 Å². The first-order valence-corrected chi connectivity index (χ1v) is 12.3. The highest BCUT2D eigenvalue weighted by Crippen LogP contribution is 2.37. The molecular formula is C26H30ClN3O3. The van der Waals surface area contributed by atoms with E-state index in [0.717, 1.165) is 19.3 Å². The summed E-state index contributed by atoms with van der Waals surface area (Å²) in [6.07, 6.45) is 4.42. The quantitative estimate of drug-likeness (QED) is 0.679. The number of ether oxygens (including phenoxy) is 1. The molecule has 7 heteroatoms. The Balaban J connectivity index is 1.21. The number of fused-ring (bicyclic) bond motifs is 2. The SMILES string of the molecule is C[C@H]1CN(C(=O)N2CCC(C(=O)N[C@H]3CCCc4ccccc43)CC2)c2cc(Cl)ccc2O1. The average Bonchev–Trinajstić information content (AvgIpc) is 2.83. The van der Waals surface area contributed by atoms with E-state index in [9.17, 15) is 9.59 Å². The van der Waals surface area contributed by atoms with E-state index in [4.69, 9.17) is 16.3 Å². The number of nitrogens with zero attached hydrogens (tertiary/aromatic N) is 2. The lowest BCUT2D eigenvalue weighted by molar-refractivity contribution is -0.127. The van der Waals surface area contributed by atoms with Gasteiger partial charge in [-0.2, -0.15) is 0 Å². The minimum absolute atomic E-state index is 0.0475. The molecule has 33 heavy (non-hydrogen) atoms. The number of urea groups is 1. The van der Waals surface area contributed by atoms with Crippen LogP contribution in [0.25, 0.3) is 0 Å². The molecule has 1 fully saturated rings. The van der Waals surface area contributed by atoms with Crippen LogP contribution in [0.15, 0.2) is 42.5 Å². The first-order chi connectivity index (χ1) is 16.0. The molecule has 2 heterocycles. The molecule has 3 aliphatic rings. The summed E-state index contributed by atoms with van der Waals surface area (Å²) in [5.74, 6) is 0.725. The van der Waals surface area contributed by atoms with Crippen molar-refractivity contribution in [3.63, 3.8) is 0 Å². The third kappa shape index (κ3) is 4.54. The van der Waals surface area contributed by atoms with Crippen LogP contribution in [0, 0.1) is 5.92 Å². The van der Waals surface area contributed by atoms with E-state index in [2.05, 4.69) is 23.5 Å². The van der Waals surface area contributed by atoms with Crippen LogP contribution < -0.4 is 15.0 Å². The van der Waals surface area contributed by atoms with Crippen LogP contribution in [0.3, 0.4) is 0 Å². The van der Waals surface area contributed by atoms with Gasteiger partial charge >= 0.3 is 6.03 Å². The number of benzene rings is 2. The van der Waals surface area contributed by atoms with Crippen molar-refractivity contribution in [3.8, 4) is 5.75 Å². The largest absolute Gasteiger partial charge is 0.487 e. The highest BCUT2D eigenvalue weighted by Gasteiger charge is 2.34. The Labute approximate surface area is 199 Å². The topological polar surface area (TPSA) is 61.9 Å². The van der Waals surface area contributed by atoms with Crippen molar-refractivity contribution >= 4 is 29.2 Å². The van der Waals surface area contributed by atoms with E-state index < -0.39 is 0 Å². The average molecular weight is 468 g/mol. The molecule has 0 radical (unpaired) electrons. The lowest BCUT2D eigenvalue weighted by atomic mass is 9.87. The molecule has 1 aliphatic carbocycles. The fourth-order valence-electron chi connectivity index (χ4n) is 5.29. The molecule has 3 amide bonds. The van der Waals surface area contributed by atoms with Crippen LogP contribution in [0.4, 0.5) is 10.5 Å². The monoisotopic (exact) mass is 467 g/mol. The number of rotatable bonds is 2. The van der Waals surface area contributed by atoms with Gasteiger partial charge in [0, 0.05) is 24.0 Å². The van der Waals surface area contributed by atoms with Crippen LogP contribution in [0.2, 0.25) is 5.02 Å². The molecule has 2 aromatic rings. The summed E-state index contributed by atoms with van der Waals surface area (Å²) < 4.78 is 5.88. The molecule has 0 saturated carbocycles. The van der Waals surface area contributed by atoms with Gasteiger partial charge < -0.3 is 15.0 Å². The second-order valence-corrected chi connectivity index (χ2v) is 9.78. The summed E-state index contributed by atoms with van der Waals surface area (Å²) in [6, 6.07) is 13.8. The Kier molecular flexibility index (Phi) is 6.19. The third-order valence-electron chi connectivity index (χ3n) is 7.03. The van der Waals surface area contributed by atoms with Crippen molar-refractivity contribution in [2.24, 2.45) is 5.92 Å². The number of likely N-dealkylation sites (tertiary alicyclic amines) is 1. The van der Waals surface area contributed by atoms with Gasteiger partial charge in [-0.25, -0.2) is 4.79 Å². The van der Waals surface area contributed by atoms with Crippen molar-refractivity contribution in [2.45, 2.75) is 51.2 Å². The molecule has 1 saturated heterocycles. The van der Waals surface area contributed by atoms with E-state index >= 15 is 0 Å². The van der Waals surface area contributed by atoms with Crippen molar-refractivity contribution < 1.29 is 14.3 Å². The molecule has 2 atom stereocenters. The number of hydrogen-bond donors (Lipinski definition) is 1. The number of aryl methyl sites for hydroxylation is 1. The molecule has 2 aliphatic heterocycles. The highest BCUT2D eigenvalue weighted by molar-refractivity contribution is 6.31. The lowest BCUT2D eigenvalue weighted by Gasteiger charge is -2.39. The molecule has 6 nitrogen and oxygen atoms in total. The van der Waals surface area contributed by atoms with Crippen molar-refractivity contribution in [2.75, 3.05) is 24.5 Å². The zero-order valence-corrected chi connectivity index (χ0v) is 19.7. The Hall–Kier alpha value is -2.73. The van der Waals surface area contributed by atoms with Crippen LogP contribution in [0.5, 0.6) is 5.75 Å². The van der Waals surface area contributed by atoms with Gasteiger partial charge in [-0.15, -0.1) is 0 Å². The molecule has 1 N–H and O–H groups in total. The fourth-order valence-corrected chi connectivity index (χ4v) is 5.46. The molecule has 2 aromatic carbocycles. The number of hydrogen-bond acceptors (Lipinski definition) is 3. The maximum Gasteiger partial charge on any atom is 0.324 e. The molecule has 0 spiro atoms. The number of carbonyl (C=O) groups excluding carboxylic acids is 2. The van der Waals surface area contributed by atoms with E-state index in [1.807, 2.05) is 24.0 Å². The van der Waals surface area contributed by atoms with Crippen molar-refractivity contribution in [3.05, 3.63) is 58.6 Å². The number of nitrogens with one attached hydrogen (secondary N) is 1. The number of anilines is 1. The van der Waals surface area contributed by atoms with E-state index in [0.29, 0.717) is 48.9 Å². The Morgan fingerprint density at radius 3 is 2.70 bits per heavy atom. The first kappa shape index (κ1) is 22.1. The van der Waals surface area contributed by atoms with Crippen LogP contribution in [0.1, 0.15) is 49.8 Å². The molecule has 5 rings (SSSR count). The van der Waals surface area contributed by atoms with Gasteiger partial charge in [0.2, 0.25) is 5.91 Å². The number of piperidine rings is 1. The zero-order valence-electron chi connectivity index (χ0n) is 18.9. The highest BCUT2D eigenvalue weighted by atomic mass is 35.5. The predicted octanol–water partition coefficient (Wildman–Crippen LogP) is 4.95. The van der Waals surface area contributed by atoms with E-state index in [1.54, 1.807) is 17.0 Å². The summed E-state index contributed by atoms with van der Waals surface area (Å²) in [6.45, 7) is 3.57. The molecule has 0 unspecified atom stereocenters. The minimum atomic E-state index is -0.0932. The van der Waals surface area contributed by atoms with Gasteiger partial charge in [0.1, 0.15) is 11.9 Å². The van der Waals surface area contributed by atoms with Crippen LogP contribution in [-0.2, 0) is 11.2 Å². The van der Waals surface area contributed by atoms with E-state index in [1.165, 1.54) is 11.1 Å². The third-order valence-corrected chi connectivity index (χ3v) is 7.27. The Morgan fingerprint density at radius 1 is 1.09 bits per heavy atom. The van der Waals surface area contributed by atoms with Gasteiger partial charge in [0.15, 0.2) is 0 Å². The van der Waals surface area contributed by atoms with Gasteiger partial charge in [-0.1, -0.05) is 35.9 Å². The van der Waals surface area contributed by atoms with Crippen molar-refractivity contribution in [1.29, 1.82) is 0 Å². The minimum Gasteiger partial charge on any atom is -0.487 e. The van der Waals surface area contributed by atoms with E-state index in [-0.39, 0.29) is 30.0 Å². The standard InChI is InChI=1S/C26H30ClN3O3/c1-17-16-30(23-15-20(27)9-10-24(23)33-17)26(32)29-13-11-19(12-14-29)25(31)28-22-8-4-6-18-5-2-3-7-21(18)22/h2-3,5,7,9-10,15,17,19,22H,4,6,8,11-14,16H2,1H3,(H,28,31)/t17-,22-/m0/s1. The summed E-state index contributed by atoms with van der Waals surface area (Å²) in [5.41, 5.74) is 3.31. The maximum absolute atomic E-state index is 13.4. The molecule has 0 bridgehead atoms. The summed E-state index contributed by atoms with van der Waals surface area (Å²) in [4.78, 5) is 30.0. The molecular weight excluding hydrogens is 438 g/mol. The van der Waals surface area contributed by atoms with Crippen molar-refractivity contribution in [1.82, 2.24) is 10.2 Å². The first-order valence-electron chi connectivity index (χ1n) is 11.9.